The molecule has 0 unspecified atom stereocenters. The van der Waals surface area contributed by atoms with Gasteiger partial charge in [0.05, 0.1) is 0 Å². The topological polar surface area (TPSA) is 53.4 Å². The summed E-state index contributed by atoms with van der Waals surface area (Å²) in [7, 11) is 0. The van der Waals surface area contributed by atoms with E-state index >= 15 is 0 Å². The van der Waals surface area contributed by atoms with E-state index in [0.717, 1.165) is 63.5 Å². The average Bonchev–Trinajstić information content (AvgIpc) is 3.29. The van der Waals surface area contributed by atoms with Gasteiger partial charge in [0.15, 0.2) is 0 Å². The predicted molar refractivity (Wildman–Crippen MR) is 166 cm³/mol. The Morgan fingerprint density at radius 2 is 1.68 bits per heavy atom. The standard InChI is InChI=1S/C28H36ClN5O.3ClH/c1-4-7-27-31-25(20-34(27)24-12-10-23(29)11-13-24)28(35)30-14-6-15-32-16-18-33(19-17-32)26-9-5-8-21(2)22(26)3;;;/h5,8-13,20H,4,6-7,14-19H2,1-3H3,(H,30,35);3*1H. The summed E-state index contributed by atoms with van der Waals surface area (Å²) in [6.45, 7) is 12.3. The molecule has 3 aromatic rings. The van der Waals surface area contributed by atoms with Crippen LogP contribution >= 0.6 is 48.8 Å². The highest BCUT2D eigenvalue weighted by atomic mass is 35.5. The molecule has 1 amide bonds. The SMILES string of the molecule is CCCc1nc(C(=O)NCCCN2CCN(c3cccc(C)c3C)CC2)cn1-c1ccc(Cl)cc1.Cl.Cl.Cl. The fourth-order valence-corrected chi connectivity index (χ4v) is 4.76. The largest absolute Gasteiger partial charge is 0.369 e. The van der Waals surface area contributed by atoms with E-state index in [1.807, 2.05) is 35.0 Å². The number of amides is 1. The molecular weight excluding hydrogens is 564 g/mol. The Labute approximate surface area is 250 Å². The molecule has 0 spiro atoms. The van der Waals surface area contributed by atoms with Crippen LogP contribution < -0.4 is 10.2 Å². The Bertz CT molecular complexity index is 1140. The van der Waals surface area contributed by atoms with Crippen molar-refractivity contribution in [2.24, 2.45) is 0 Å². The van der Waals surface area contributed by atoms with E-state index < -0.39 is 0 Å². The maximum absolute atomic E-state index is 12.8. The van der Waals surface area contributed by atoms with E-state index in [-0.39, 0.29) is 43.1 Å². The van der Waals surface area contributed by atoms with Crippen molar-refractivity contribution in [3.63, 3.8) is 0 Å². The molecule has 38 heavy (non-hydrogen) atoms. The molecule has 0 radical (unpaired) electrons. The third kappa shape index (κ3) is 8.52. The van der Waals surface area contributed by atoms with Crippen molar-refractivity contribution >= 4 is 60.4 Å². The number of rotatable bonds is 9. The van der Waals surface area contributed by atoms with Crippen molar-refractivity contribution in [3.05, 3.63) is 76.3 Å². The van der Waals surface area contributed by atoms with Crippen LogP contribution in [0.2, 0.25) is 5.02 Å². The van der Waals surface area contributed by atoms with Crippen molar-refractivity contribution in [1.82, 2.24) is 19.8 Å². The summed E-state index contributed by atoms with van der Waals surface area (Å²) in [4.78, 5) is 22.4. The van der Waals surface area contributed by atoms with E-state index in [9.17, 15) is 4.79 Å². The second kappa shape index (κ2) is 16.2. The summed E-state index contributed by atoms with van der Waals surface area (Å²) in [6, 6.07) is 14.2. The summed E-state index contributed by atoms with van der Waals surface area (Å²) in [5, 5.41) is 3.75. The van der Waals surface area contributed by atoms with Gasteiger partial charge in [-0.1, -0.05) is 30.7 Å². The van der Waals surface area contributed by atoms with Crippen molar-refractivity contribution in [1.29, 1.82) is 0 Å². The fourth-order valence-electron chi connectivity index (χ4n) is 4.64. The summed E-state index contributed by atoms with van der Waals surface area (Å²) in [5.41, 5.74) is 5.51. The highest BCUT2D eigenvalue weighted by Crippen LogP contribution is 2.24. The van der Waals surface area contributed by atoms with Crippen LogP contribution in [0.1, 0.15) is 47.2 Å². The number of hydrogen-bond acceptors (Lipinski definition) is 4. The van der Waals surface area contributed by atoms with Gasteiger partial charge in [-0.15, -0.1) is 37.2 Å². The molecule has 1 saturated heterocycles. The van der Waals surface area contributed by atoms with Crippen molar-refractivity contribution in [2.45, 2.75) is 40.0 Å². The van der Waals surface area contributed by atoms with Gasteiger partial charge in [0.1, 0.15) is 11.5 Å². The Kier molecular flexibility index (Phi) is 14.5. The molecule has 10 heteroatoms. The number of aryl methyl sites for hydroxylation is 2. The number of benzene rings is 2. The number of hydrogen-bond donors (Lipinski definition) is 1. The highest BCUT2D eigenvalue weighted by Gasteiger charge is 2.19. The van der Waals surface area contributed by atoms with Crippen LogP contribution in [0.25, 0.3) is 5.69 Å². The molecule has 6 nitrogen and oxygen atoms in total. The Balaban J connectivity index is 0.00000241. The van der Waals surface area contributed by atoms with Crippen LogP contribution in [0.3, 0.4) is 0 Å². The molecule has 0 aliphatic carbocycles. The maximum atomic E-state index is 12.8. The van der Waals surface area contributed by atoms with Gasteiger partial charge in [-0.2, -0.15) is 0 Å². The quantitative estimate of drug-likeness (QED) is 0.292. The van der Waals surface area contributed by atoms with Gasteiger partial charge in [0, 0.05) is 61.7 Å². The first-order valence-corrected chi connectivity index (χ1v) is 13.0. The molecule has 1 aromatic heterocycles. The third-order valence-corrected chi connectivity index (χ3v) is 7.07. The molecule has 1 aliphatic rings. The molecule has 0 bridgehead atoms. The lowest BCUT2D eigenvalue weighted by molar-refractivity contribution is 0.0946. The van der Waals surface area contributed by atoms with Gasteiger partial charge in [0.2, 0.25) is 0 Å². The normalized spacial score (nSPS) is 13.2. The zero-order valence-corrected chi connectivity index (χ0v) is 25.5. The molecule has 2 heterocycles. The van der Waals surface area contributed by atoms with E-state index in [1.165, 1.54) is 16.8 Å². The number of carbonyl (C=O) groups is 1. The smallest absolute Gasteiger partial charge is 0.271 e. The first-order valence-electron chi connectivity index (χ1n) is 12.6. The molecule has 0 saturated carbocycles. The van der Waals surface area contributed by atoms with Gasteiger partial charge < -0.3 is 14.8 Å². The number of aromatic nitrogens is 2. The minimum atomic E-state index is -0.116. The summed E-state index contributed by atoms with van der Waals surface area (Å²) in [6.07, 6.45) is 4.53. The van der Waals surface area contributed by atoms with Crippen LogP contribution in [0.15, 0.2) is 48.7 Å². The number of anilines is 1. The lowest BCUT2D eigenvalue weighted by Crippen LogP contribution is -2.47. The van der Waals surface area contributed by atoms with Crippen LogP contribution in [0.5, 0.6) is 0 Å². The van der Waals surface area contributed by atoms with Crippen LogP contribution in [0.4, 0.5) is 5.69 Å². The van der Waals surface area contributed by atoms with Crippen LogP contribution in [-0.4, -0.2) is 59.6 Å². The Morgan fingerprint density at radius 1 is 1.00 bits per heavy atom. The molecule has 0 atom stereocenters. The third-order valence-electron chi connectivity index (χ3n) is 6.82. The second-order valence-electron chi connectivity index (χ2n) is 9.30. The number of halogens is 4. The zero-order chi connectivity index (χ0) is 24.8. The van der Waals surface area contributed by atoms with E-state index in [0.29, 0.717) is 17.3 Å². The van der Waals surface area contributed by atoms with Crippen molar-refractivity contribution in [2.75, 3.05) is 44.2 Å². The van der Waals surface area contributed by atoms with Gasteiger partial charge in [-0.05, 0) is 74.7 Å². The van der Waals surface area contributed by atoms with Crippen molar-refractivity contribution in [3.8, 4) is 5.69 Å². The summed E-state index contributed by atoms with van der Waals surface area (Å²) < 4.78 is 1.99. The maximum Gasteiger partial charge on any atom is 0.271 e. The monoisotopic (exact) mass is 601 g/mol. The van der Waals surface area contributed by atoms with E-state index in [4.69, 9.17) is 11.6 Å². The molecule has 1 fully saturated rings. The summed E-state index contributed by atoms with van der Waals surface area (Å²) >= 11 is 6.03. The number of carbonyl (C=O) groups excluding carboxylic acids is 1. The number of imidazole rings is 1. The van der Waals surface area contributed by atoms with Gasteiger partial charge >= 0.3 is 0 Å². The molecule has 1 N–H and O–H groups in total. The molecule has 2 aromatic carbocycles. The van der Waals surface area contributed by atoms with Gasteiger partial charge in [-0.25, -0.2) is 4.98 Å². The predicted octanol–water partition coefficient (Wildman–Crippen LogP) is 6.30. The first-order chi connectivity index (χ1) is 17.0. The zero-order valence-electron chi connectivity index (χ0n) is 22.3. The lowest BCUT2D eigenvalue weighted by Gasteiger charge is -2.37. The first kappa shape index (κ1) is 34.1. The molecular formula is C28H39Cl4N5O. The number of nitrogens with zero attached hydrogens (tertiary/aromatic N) is 4. The minimum absolute atomic E-state index is 0. The molecule has 4 rings (SSSR count). The number of nitrogens with one attached hydrogen (secondary N) is 1. The minimum Gasteiger partial charge on any atom is -0.369 e. The second-order valence-corrected chi connectivity index (χ2v) is 9.73. The highest BCUT2D eigenvalue weighted by molar-refractivity contribution is 6.30. The fraction of sp³-hybridized carbons (Fsp3) is 0.429. The number of piperazine rings is 1. The van der Waals surface area contributed by atoms with Crippen molar-refractivity contribution < 1.29 is 4.79 Å². The van der Waals surface area contributed by atoms with Gasteiger partial charge in [-0.3, -0.25) is 9.69 Å². The molecule has 1 aliphatic heterocycles. The average molecular weight is 603 g/mol. The summed E-state index contributed by atoms with van der Waals surface area (Å²) in [5.74, 6) is 0.775. The van der Waals surface area contributed by atoms with E-state index in [1.54, 1.807) is 0 Å². The Hall–Kier alpha value is -1.96. The van der Waals surface area contributed by atoms with Gasteiger partial charge in [0.25, 0.3) is 5.91 Å². The van der Waals surface area contributed by atoms with Crippen LogP contribution in [-0.2, 0) is 6.42 Å². The van der Waals surface area contributed by atoms with Crippen LogP contribution in [0, 0.1) is 13.8 Å². The molecule has 210 valence electrons. The van der Waals surface area contributed by atoms with E-state index in [2.05, 4.69) is 59.1 Å². The lowest BCUT2D eigenvalue weighted by atomic mass is 10.1. The Morgan fingerprint density at radius 3 is 2.34 bits per heavy atom.